The van der Waals surface area contributed by atoms with Crippen LogP contribution in [0.2, 0.25) is 0 Å². The van der Waals surface area contributed by atoms with Crippen molar-refractivity contribution in [3.8, 4) is 28.7 Å². The molecule has 4 aromatic carbocycles. The van der Waals surface area contributed by atoms with Gasteiger partial charge < -0.3 is 28.0 Å². The van der Waals surface area contributed by atoms with Crippen LogP contribution in [0.3, 0.4) is 0 Å². The number of hydrogen-bond donors (Lipinski definition) is 0. The Hall–Kier alpha value is -0.0312. The number of rotatable bonds is 13. The molecule has 4 fully saturated rings. The number of fused-ring (bicyclic) bond motifs is 4. The summed E-state index contributed by atoms with van der Waals surface area (Å²) in [5.74, 6) is 9.60. The Balaban J connectivity index is 0.000000177. The zero-order valence-electron chi connectivity index (χ0n) is 41.8. The van der Waals surface area contributed by atoms with Crippen LogP contribution in [0.15, 0.2) is 96.1 Å². The summed E-state index contributed by atoms with van der Waals surface area (Å²) in [4.78, 5) is 5.03. The molecule has 4 aromatic rings. The molecule has 4 saturated heterocycles. The molecule has 2 spiro atoms. The van der Waals surface area contributed by atoms with E-state index in [2.05, 4.69) is 152 Å². The number of hydrogen-bond acceptors (Lipinski definition) is 12. The molecule has 0 bridgehead atoms. The molecule has 0 amide bonds. The number of allylic oxidation sites excluding steroid dienone is 2. The third-order valence-corrected chi connectivity index (χ3v) is 26.2. The SMILES string of the molecule is IPOc1ccc2c(c1)O[C@H](c1ccc(OCCN3CCCCC3)cc1)C1=C2CCC2(C1)SCCS2.O=[PH](I)c1ccc2c(c1)O[C@@H](c1ccc(OCCN3CCCCC3)cc1)C1=C2CCC2(C1)SCCS2.[V].[V]. The first-order valence-corrected chi connectivity index (χ1v) is 38.6. The van der Waals surface area contributed by atoms with Crippen molar-refractivity contribution in [3.63, 3.8) is 0 Å². The average molecular weight is 1410 g/mol. The molecule has 74 heavy (non-hydrogen) atoms. The van der Waals surface area contributed by atoms with Gasteiger partial charge in [-0.2, -0.15) is 0 Å². The summed E-state index contributed by atoms with van der Waals surface area (Å²) < 4.78 is 44.4. The third kappa shape index (κ3) is 14.0. The Bertz CT molecular complexity index is 2630. The summed E-state index contributed by atoms with van der Waals surface area (Å²) in [6.45, 7) is 8.72. The Morgan fingerprint density at radius 3 is 1.47 bits per heavy atom. The van der Waals surface area contributed by atoms with Crippen LogP contribution in [-0.2, 0) is 41.7 Å². The summed E-state index contributed by atoms with van der Waals surface area (Å²) in [6.07, 6.45) is 14.7. The monoisotopic (exact) mass is 1410 g/mol. The molecule has 394 valence electrons. The molecule has 0 saturated carbocycles. The fourth-order valence-corrected chi connectivity index (χ4v) is 20.8. The Morgan fingerprint density at radius 1 is 0.595 bits per heavy atom. The minimum absolute atomic E-state index is 0. The Labute approximate surface area is 508 Å². The summed E-state index contributed by atoms with van der Waals surface area (Å²) in [6, 6.07) is 29.8. The van der Waals surface area contributed by atoms with Gasteiger partial charge in [0, 0.05) is 95.7 Å². The number of nitrogens with zero attached hydrogens (tertiary/aromatic N) is 2. The minimum Gasteiger partial charge on any atom is -0.492 e. The van der Waals surface area contributed by atoms with Gasteiger partial charge in [-0.05, 0) is 210 Å². The van der Waals surface area contributed by atoms with E-state index in [1.807, 2.05) is 34.2 Å². The predicted octanol–water partition coefficient (Wildman–Crippen LogP) is 15.4. The molecule has 2 radical (unpaired) electrons. The van der Waals surface area contributed by atoms with E-state index < -0.39 is 5.44 Å². The zero-order chi connectivity index (χ0) is 48.9. The van der Waals surface area contributed by atoms with Gasteiger partial charge in [-0.3, -0.25) is 9.80 Å². The number of likely N-dealkylation sites (tertiary alicyclic amines) is 2. The topological polar surface area (TPSA) is 69.7 Å². The first-order chi connectivity index (χ1) is 35.3. The number of thioether (sulfide) groups is 4. The van der Waals surface area contributed by atoms with Crippen molar-refractivity contribution < 1.29 is 65.1 Å². The van der Waals surface area contributed by atoms with Crippen molar-refractivity contribution >= 4 is 119 Å². The fraction of sp³-hybridized carbons (Fsp3) is 0.500. The maximum atomic E-state index is 12.2. The van der Waals surface area contributed by atoms with Gasteiger partial charge in [-0.1, -0.05) is 49.2 Å². The van der Waals surface area contributed by atoms with E-state index in [9.17, 15) is 4.57 Å². The van der Waals surface area contributed by atoms with Crippen molar-refractivity contribution in [1.82, 2.24) is 9.80 Å². The molecule has 8 nitrogen and oxygen atoms in total. The van der Waals surface area contributed by atoms with Crippen LogP contribution >= 0.6 is 103 Å². The van der Waals surface area contributed by atoms with Gasteiger partial charge in [0.15, 0.2) is 5.44 Å². The van der Waals surface area contributed by atoms with Crippen molar-refractivity contribution in [2.24, 2.45) is 0 Å². The molecule has 18 heteroatoms. The van der Waals surface area contributed by atoms with Gasteiger partial charge >= 0.3 is 0 Å². The first kappa shape index (κ1) is 58.6. The van der Waals surface area contributed by atoms with Crippen LogP contribution in [-0.4, -0.2) is 93.5 Å². The molecule has 12 rings (SSSR count). The first-order valence-electron chi connectivity index (χ1n) is 26.1. The van der Waals surface area contributed by atoms with Gasteiger partial charge in [0.1, 0.15) is 60.6 Å². The maximum Gasteiger partial charge on any atom is 0.159 e. The smallest absolute Gasteiger partial charge is 0.159 e. The summed E-state index contributed by atoms with van der Waals surface area (Å²) in [7, 11) is 0. The normalized spacial score (nSPS) is 23.2. The van der Waals surface area contributed by atoms with E-state index in [1.54, 1.807) is 0 Å². The number of piperidine rings is 2. The molecular formula is C56H66I2N2O6P2S4V2. The van der Waals surface area contributed by atoms with Gasteiger partial charge in [0.2, 0.25) is 0 Å². The van der Waals surface area contributed by atoms with Crippen molar-refractivity contribution in [1.29, 1.82) is 0 Å². The molecular weight excluding hydrogens is 1340 g/mol. The van der Waals surface area contributed by atoms with Crippen molar-refractivity contribution in [3.05, 3.63) is 118 Å². The maximum absolute atomic E-state index is 12.2. The Kier molecular flexibility index (Phi) is 21.9. The minimum atomic E-state index is -1.80. The van der Waals surface area contributed by atoms with Crippen LogP contribution < -0.4 is 28.8 Å². The second-order valence-electron chi connectivity index (χ2n) is 20.0. The van der Waals surface area contributed by atoms with E-state index in [0.29, 0.717) is 14.6 Å². The number of ether oxygens (including phenoxy) is 4. The van der Waals surface area contributed by atoms with Crippen LogP contribution in [0.1, 0.15) is 112 Å². The average Bonchev–Trinajstić information content (AvgIpc) is 4.08. The zero-order valence-corrected chi connectivity index (χ0v) is 54.2. The molecule has 8 aliphatic rings. The largest absolute Gasteiger partial charge is 0.492 e. The second-order valence-corrected chi connectivity index (χ2v) is 32.2. The van der Waals surface area contributed by atoms with E-state index in [1.165, 1.54) is 145 Å². The van der Waals surface area contributed by atoms with Gasteiger partial charge in [-0.25, -0.2) is 0 Å². The van der Waals surface area contributed by atoms with E-state index in [4.69, 9.17) is 23.5 Å². The molecule has 0 aromatic heterocycles. The summed E-state index contributed by atoms with van der Waals surface area (Å²) in [5.41, 5.74) is 8.89. The van der Waals surface area contributed by atoms with Gasteiger partial charge in [-0.15, -0.1) is 47.0 Å². The second kappa shape index (κ2) is 27.6. The molecule has 6 aliphatic heterocycles. The third-order valence-electron chi connectivity index (χ3n) is 15.5. The fourth-order valence-electron chi connectivity index (χ4n) is 11.8. The molecule has 0 N–H and O–H groups in total. The molecule has 4 atom stereocenters. The van der Waals surface area contributed by atoms with Crippen LogP contribution in [0.4, 0.5) is 0 Å². The van der Waals surface area contributed by atoms with Crippen LogP contribution in [0.5, 0.6) is 28.7 Å². The van der Waals surface area contributed by atoms with Crippen LogP contribution in [0, 0.1) is 0 Å². The van der Waals surface area contributed by atoms with Crippen molar-refractivity contribution in [2.75, 3.05) is 75.5 Å². The van der Waals surface area contributed by atoms with Crippen molar-refractivity contribution in [2.45, 2.75) is 97.4 Å². The number of benzene rings is 4. The van der Waals surface area contributed by atoms with E-state index in [0.717, 1.165) is 86.0 Å². The predicted molar refractivity (Wildman–Crippen MR) is 327 cm³/mol. The summed E-state index contributed by atoms with van der Waals surface area (Å²) in [5, 5.41) is 0.883. The summed E-state index contributed by atoms with van der Waals surface area (Å²) >= 11 is 12.9. The van der Waals surface area contributed by atoms with E-state index >= 15 is 0 Å². The molecule has 6 heterocycles. The number of halogens is 2. The quantitative estimate of drug-likeness (QED) is 0.0946. The van der Waals surface area contributed by atoms with Gasteiger partial charge in [0.05, 0.1) is 8.16 Å². The Morgan fingerprint density at radius 2 is 1.03 bits per heavy atom. The molecule has 2 aliphatic carbocycles. The van der Waals surface area contributed by atoms with Crippen LogP contribution in [0.25, 0.3) is 11.1 Å². The standard InChI is InChI=1S/2C28H33INO3PS2.2V/c29-34(31)22-8-9-24-23-10-11-28(35-16-17-36-28)19-25(23)27(33-26(24)18-22)20-4-6-21(7-5-20)32-15-14-30-12-2-1-3-13-30;29-34-33-22-8-9-24-23-10-11-28(35-16-17-36-28)19-25(23)27(32-26(24)18-22)20-4-6-21(7-5-20)31-15-14-30-12-2-1-3-13-30;;/h2*4-9,18,27,34H,1-3,10-17,19H2;;/t2*27-;;/m01../s1. The van der Waals surface area contributed by atoms with Gasteiger partial charge in [0.25, 0.3) is 0 Å². The molecule has 2 unspecified atom stereocenters. The van der Waals surface area contributed by atoms with E-state index in [-0.39, 0.29) is 49.3 Å².